The number of fused-ring (bicyclic) bond motifs is 3. The minimum absolute atomic E-state index is 0.246. The van der Waals surface area contributed by atoms with Crippen LogP contribution in [0.3, 0.4) is 0 Å². The molecule has 158 valence electrons. The van der Waals surface area contributed by atoms with E-state index in [1.807, 2.05) is 6.07 Å². The fraction of sp³-hybridized carbons (Fsp3) is 0.286. The van der Waals surface area contributed by atoms with E-state index in [-0.39, 0.29) is 18.0 Å². The maximum atomic E-state index is 14.1. The molecular weight excluding hydrogens is 404 g/mol. The Morgan fingerprint density at radius 1 is 1.10 bits per heavy atom. The third kappa shape index (κ3) is 3.02. The Bertz CT molecular complexity index is 1270. The quantitative estimate of drug-likeness (QED) is 0.540. The summed E-state index contributed by atoms with van der Waals surface area (Å²) >= 11 is 0. The van der Waals surface area contributed by atoms with Crippen molar-refractivity contribution in [3.63, 3.8) is 0 Å². The summed E-state index contributed by atoms with van der Waals surface area (Å²) in [5, 5.41) is 4.38. The average molecular weight is 423 g/mol. The molecule has 2 N–H and O–H groups in total. The molecule has 4 aromatic rings. The Labute approximate surface area is 175 Å². The number of hydrogen-bond acceptors (Lipinski definition) is 7. The third-order valence-corrected chi connectivity index (χ3v) is 6.11. The van der Waals surface area contributed by atoms with Gasteiger partial charge < -0.3 is 15.1 Å². The molecule has 0 spiro atoms. The standard InChI is InChI=1S/C21H19F2N7O/c22-13-4-3-12(16(23)6-13)9-28-10-15-7-14(28)11-29(15)18-8-19-25-20(17-2-1-5-31-17)27-30(19)21(24)26-18/h1-6,8,14-15H,7,9-11H2,(H2,24,26). The van der Waals surface area contributed by atoms with Crippen molar-refractivity contribution in [2.75, 3.05) is 23.7 Å². The molecule has 6 rings (SSSR count). The molecular formula is C21H19F2N7O. The first-order valence-electron chi connectivity index (χ1n) is 10.1. The van der Waals surface area contributed by atoms with E-state index < -0.39 is 11.6 Å². The summed E-state index contributed by atoms with van der Waals surface area (Å²) < 4.78 is 34.1. The van der Waals surface area contributed by atoms with Gasteiger partial charge in [-0.3, -0.25) is 4.90 Å². The molecule has 2 aliphatic rings. The zero-order valence-electron chi connectivity index (χ0n) is 16.4. The van der Waals surface area contributed by atoms with E-state index in [2.05, 4.69) is 24.9 Å². The van der Waals surface area contributed by atoms with E-state index in [9.17, 15) is 8.78 Å². The van der Waals surface area contributed by atoms with Crippen LogP contribution < -0.4 is 10.6 Å². The minimum atomic E-state index is -0.557. The Hall–Kier alpha value is -3.53. The number of aromatic nitrogens is 4. The number of halogens is 2. The summed E-state index contributed by atoms with van der Waals surface area (Å²) in [6, 6.07) is 9.72. The molecule has 2 unspecified atom stereocenters. The van der Waals surface area contributed by atoms with Gasteiger partial charge in [-0.25, -0.2) is 13.8 Å². The van der Waals surface area contributed by atoms with E-state index in [4.69, 9.17) is 10.2 Å². The van der Waals surface area contributed by atoms with Crippen LogP contribution in [0.1, 0.15) is 12.0 Å². The van der Waals surface area contributed by atoms with E-state index in [1.165, 1.54) is 16.6 Å². The predicted molar refractivity (Wildman–Crippen MR) is 109 cm³/mol. The van der Waals surface area contributed by atoms with Gasteiger partial charge in [0, 0.05) is 49.4 Å². The van der Waals surface area contributed by atoms with Crippen LogP contribution in [0.2, 0.25) is 0 Å². The van der Waals surface area contributed by atoms with Crippen molar-refractivity contribution in [3.8, 4) is 11.6 Å². The smallest absolute Gasteiger partial charge is 0.225 e. The van der Waals surface area contributed by atoms with Crippen LogP contribution >= 0.6 is 0 Å². The van der Waals surface area contributed by atoms with Crippen molar-refractivity contribution in [3.05, 3.63) is 59.9 Å². The molecule has 2 saturated heterocycles. The van der Waals surface area contributed by atoms with Gasteiger partial charge in [-0.05, 0) is 24.6 Å². The van der Waals surface area contributed by atoms with Crippen molar-refractivity contribution in [2.24, 2.45) is 0 Å². The van der Waals surface area contributed by atoms with Gasteiger partial charge in [0.15, 0.2) is 11.4 Å². The van der Waals surface area contributed by atoms with E-state index in [0.717, 1.165) is 31.4 Å². The molecule has 2 aliphatic heterocycles. The molecule has 8 nitrogen and oxygen atoms in total. The summed E-state index contributed by atoms with van der Waals surface area (Å²) in [5.41, 5.74) is 7.27. The normalized spacial score (nSPS) is 20.9. The molecule has 2 atom stereocenters. The molecule has 0 radical (unpaired) electrons. The van der Waals surface area contributed by atoms with Crippen molar-refractivity contribution >= 4 is 17.4 Å². The van der Waals surface area contributed by atoms with Gasteiger partial charge in [0.1, 0.15) is 17.5 Å². The fourth-order valence-corrected chi connectivity index (χ4v) is 4.65. The van der Waals surface area contributed by atoms with Crippen LogP contribution in [-0.2, 0) is 6.54 Å². The Morgan fingerprint density at radius 3 is 2.74 bits per heavy atom. The highest BCUT2D eigenvalue weighted by Crippen LogP contribution is 2.35. The number of nitrogen functional groups attached to an aromatic ring is 1. The van der Waals surface area contributed by atoms with Crippen molar-refractivity contribution in [1.82, 2.24) is 24.5 Å². The molecule has 2 fully saturated rings. The first kappa shape index (κ1) is 18.3. The lowest BCUT2D eigenvalue weighted by Crippen LogP contribution is -2.46. The summed E-state index contributed by atoms with van der Waals surface area (Å²) in [6.07, 6.45) is 2.53. The molecule has 0 aliphatic carbocycles. The number of furan rings is 1. The lowest BCUT2D eigenvalue weighted by molar-refractivity contribution is 0.227. The maximum Gasteiger partial charge on any atom is 0.225 e. The monoisotopic (exact) mass is 423 g/mol. The number of rotatable bonds is 4. The molecule has 0 saturated carbocycles. The van der Waals surface area contributed by atoms with Gasteiger partial charge in [-0.1, -0.05) is 6.07 Å². The lowest BCUT2D eigenvalue weighted by atomic mass is 10.1. The molecule has 5 heterocycles. The van der Waals surface area contributed by atoms with Gasteiger partial charge in [-0.2, -0.15) is 9.50 Å². The SMILES string of the molecule is Nc1nc(N2CC3CC2CN3Cc2ccc(F)cc2F)cc2nc(-c3ccco3)nn12. The average Bonchev–Trinajstić information content (AvgIpc) is 3.53. The highest BCUT2D eigenvalue weighted by Gasteiger charge is 2.44. The number of benzene rings is 1. The summed E-state index contributed by atoms with van der Waals surface area (Å²) in [6.45, 7) is 2.00. The van der Waals surface area contributed by atoms with Crippen LogP contribution in [0.5, 0.6) is 0 Å². The molecule has 2 bridgehead atoms. The highest BCUT2D eigenvalue weighted by molar-refractivity contribution is 5.60. The maximum absolute atomic E-state index is 14.1. The van der Waals surface area contributed by atoms with E-state index in [1.54, 1.807) is 18.4 Å². The van der Waals surface area contributed by atoms with Gasteiger partial charge in [-0.15, -0.1) is 5.10 Å². The zero-order chi connectivity index (χ0) is 21.1. The van der Waals surface area contributed by atoms with Crippen molar-refractivity contribution < 1.29 is 13.2 Å². The Kier molecular flexibility index (Phi) is 3.97. The number of anilines is 2. The summed E-state index contributed by atoms with van der Waals surface area (Å²) in [4.78, 5) is 13.5. The molecule has 3 aromatic heterocycles. The molecule has 1 aromatic carbocycles. The third-order valence-electron chi connectivity index (χ3n) is 6.11. The van der Waals surface area contributed by atoms with Crippen LogP contribution in [0.15, 0.2) is 47.1 Å². The first-order valence-corrected chi connectivity index (χ1v) is 10.1. The van der Waals surface area contributed by atoms with Crippen LogP contribution in [0.25, 0.3) is 17.2 Å². The van der Waals surface area contributed by atoms with E-state index >= 15 is 0 Å². The second-order valence-electron chi connectivity index (χ2n) is 8.02. The van der Waals surface area contributed by atoms with Gasteiger partial charge in [0.2, 0.25) is 11.8 Å². The van der Waals surface area contributed by atoms with Crippen molar-refractivity contribution in [1.29, 1.82) is 0 Å². The van der Waals surface area contributed by atoms with Gasteiger partial charge >= 0.3 is 0 Å². The number of piperazine rings is 1. The predicted octanol–water partition coefficient (Wildman–Crippen LogP) is 2.71. The van der Waals surface area contributed by atoms with Crippen LogP contribution in [0, 0.1) is 11.6 Å². The first-order chi connectivity index (χ1) is 15.0. The highest BCUT2D eigenvalue weighted by atomic mass is 19.1. The Balaban J connectivity index is 1.23. The number of hydrogen-bond donors (Lipinski definition) is 1. The topological polar surface area (TPSA) is 88.7 Å². The number of nitrogens with two attached hydrogens (primary N) is 1. The molecule has 0 amide bonds. The fourth-order valence-electron chi connectivity index (χ4n) is 4.65. The zero-order valence-corrected chi connectivity index (χ0v) is 16.4. The summed E-state index contributed by atoms with van der Waals surface area (Å²) in [7, 11) is 0. The Morgan fingerprint density at radius 2 is 2.00 bits per heavy atom. The van der Waals surface area contributed by atoms with Crippen LogP contribution in [0.4, 0.5) is 20.5 Å². The largest absolute Gasteiger partial charge is 0.461 e. The summed E-state index contributed by atoms with van der Waals surface area (Å²) in [5.74, 6) is 0.964. The van der Waals surface area contributed by atoms with Gasteiger partial charge in [0.05, 0.1) is 6.26 Å². The van der Waals surface area contributed by atoms with E-state index in [0.29, 0.717) is 29.3 Å². The van der Waals surface area contributed by atoms with Crippen molar-refractivity contribution in [2.45, 2.75) is 25.0 Å². The number of nitrogens with zero attached hydrogens (tertiary/aromatic N) is 6. The molecule has 31 heavy (non-hydrogen) atoms. The van der Waals surface area contributed by atoms with Gasteiger partial charge in [0.25, 0.3) is 0 Å². The minimum Gasteiger partial charge on any atom is -0.461 e. The molecule has 10 heteroatoms. The lowest BCUT2D eigenvalue weighted by Gasteiger charge is -2.35. The second kappa shape index (κ2) is 6.74. The number of likely N-dealkylation sites (tertiary alicyclic amines) is 1. The van der Waals surface area contributed by atoms with Crippen LogP contribution in [-0.4, -0.2) is 49.7 Å². The second-order valence-corrected chi connectivity index (χ2v) is 8.02.